The van der Waals surface area contributed by atoms with E-state index in [1.54, 1.807) is 24.3 Å². The summed E-state index contributed by atoms with van der Waals surface area (Å²) in [4.78, 5) is 38.2. The van der Waals surface area contributed by atoms with Gasteiger partial charge in [-0.05, 0) is 37.6 Å². The molecule has 2 aromatic carbocycles. The lowest BCUT2D eigenvalue weighted by molar-refractivity contribution is -0.151. The molecule has 2 aromatic rings. The Bertz CT molecular complexity index is 977. The van der Waals surface area contributed by atoms with E-state index < -0.39 is 24.4 Å². The zero-order chi connectivity index (χ0) is 21.1. The summed E-state index contributed by atoms with van der Waals surface area (Å²) in [6, 6.07) is 10.6. The van der Waals surface area contributed by atoms with Crippen molar-refractivity contribution in [1.29, 1.82) is 0 Å². The molecule has 0 aromatic heterocycles. The fraction of sp³-hybridized carbons (Fsp3) is 0.286. The number of aryl methyl sites for hydroxylation is 2. The summed E-state index contributed by atoms with van der Waals surface area (Å²) in [6.45, 7) is 3.54. The smallest absolute Gasteiger partial charge is 0.311 e. The van der Waals surface area contributed by atoms with Crippen molar-refractivity contribution in [2.24, 2.45) is 5.92 Å². The van der Waals surface area contributed by atoms with Crippen molar-refractivity contribution in [3.05, 3.63) is 57.6 Å². The van der Waals surface area contributed by atoms with E-state index in [9.17, 15) is 14.4 Å². The topological polar surface area (TPSA) is 75.7 Å². The van der Waals surface area contributed by atoms with Crippen molar-refractivity contribution in [2.45, 2.75) is 20.3 Å². The molecule has 6 nitrogen and oxygen atoms in total. The van der Waals surface area contributed by atoms with Crippen LogP contribution in [0.25, 0.3) is 0 Å². The van der Waals surface area contributed by atoms with Crippen molar-refractivity contribution in [3.63, 3.8) is 0 Å². The van der Waals surface area contributed by atoms with E-state index in [4.69, 9.17) is 27.9 Å². The van der Waals surface area contributed by atoms with Crippen LogP contribution in [0.15, 0.2) is 36.4 Å². The van der Waals surface area contributed by atoms with E-state index in [1.165, 1.54) is 4.90 Å². The van der Waals surface area contributed by atoms with Crippen LogP contribution in [0.2, 0.25) is 10.0 Å². The molecule has 1 fully saturated rings. The third kappa shape index (κ3) is 4.89. The van der Waals surface area contributed by atoms with Gasteiger partial charge in [0, 0.05) is 18.7 Å². The van der Waals surface area contributed by atoms with Gasteiger partial charge in [0.15, 0.2) is 6.61 Å². The number of carbonyl (C=O) groups excluding carboxylic acids is 3. The molecular formula is C21H20Cl2N2O4. The SMILES string of the molecule is Cc1ccc(NC(=O)COC(=O)[C@@H]2CC(=O)N(c3cccc(Cl)c3Cl)C2)c(C)c1. The van der Waals surface area contributed by atoms with Crippen LogP contribution in [0.5, 0.6) is 0 Å². The Labute approximate surface area is 178 Å². The largest absolute Gasteiger partial charge is 0.455 e. The minimum atomic E-state index is -0.675. The van der Waals surface area contributed by atoms with Gasteiger partial charge >= 0.3 is 5.97 Å². The van der Waals surface area contributed by atoms with Gasteiger partial charge < -0.3 is 15.0 Å². The van der Waals surface area contributed by atoms with Crippen LogP contribution in [-0.2, 0) is 19.1 Å². The molecule has 0 spiro atoms. The van der Waals surface area contributed by atoms with Crippen LogP contribution < -0.4 is 10.2 Å². The molecule has 1 saturated heterocycles. The molecule has 29 heavy (non-hydrogen) atoms. The first-order valence-electron chi connectivity index (χ1n) is 9.04. The minimum absolute atomic E-state index is 0.0135. The van der Waals surface area contributed by atoms with E-state index >= 15 is 0 Å². The van der Waals surface area contributed by atoms with Crippen molar-refractivity contribution in [3.8, 4) is 0 Å². The second-order valence-electron chi connectivity index (χ2n) is 6.95. The summed E-state index contributed by atoms with van der Waals surface area (Å²) in [5.74, 6) is -1.97. The number of carbonyl (C=O) groups is 3. The number of hydrogen-bond acceptors (Lipinski definition) is 4. The summed E-state index contributed by atoms with van der Waals surface area (Å²) < 4.78 is 5.12. The summed E-state index contributed by atoms with van der Waals surface area (Å²) in [5.41, 5.74) is 3.11. The van der Waals surface area contributed by atoms with Gasteiger partial charge in [-0.15, -0.1) is 0 Å². The van der Waals surface area contributed by atoms with E-state index in [2.05, 4.69) is 5.32 Å². The monoisotopic (exact) mass is 434 g/mol. The molecule has 1 N–H and O–H groups in total. The first kappa shape index (κ1) is 21.1. The maximum atomic E-state index is 12.3. The lowest BCUT2D eigenvalue weighted by Crippen LogP contribution is -2.28. The Hall–Kier alpha value is -2.57. The fourth-order valence-electron chi connectivity index (χ4n) is 3.19. The van der Waals surface area contributed by atoms with Crippen molar-refractivity contribution >= 4 is 52.4 Å². The maximum absolute atomic E-state index is 12.3. The second kappa shape index (κ2) is 8.84. The zero-order valence-electron chi connectivity index (χ0n) is 16.0. The van der Waals surface area contributed by atoms with Gasteiger partial charge in [0.05, 0.1) is 21.7 Å². The van der Waals surface area contributed by atoms with Crippen LogP contribution in [0.3, 0.4) is 0 Å². The highest BCUT2D eigenvalue weighted by atomic mass is 35.5. The number of ether oxygens (including phenoxy) is 1. The number of nitrogens with zero attached hydrogens (tertiary/aromatic N) is 1. The number of rotatable bonds is 5. The molecule has 0 radical (unpaired) electrons. The second-order valence-corrected chi connectivity index (χ2v) is 7.74. The third-order valence-electron chi connectivity index (χ3n) is 4.68. The molecule has 0 bridgehead atoms. The Morgan fingerprint density at radius 1 is 1.21 bits per heavy atom. The predicted molar refractivity (Wildman–Crippen MR) is 112 cm³/mol. The van der Waals surface area contributed by atoms with Gasteiger partial charge in [0.2, 0.25) is 5.91 Å². The molecule has 0 unspecified atom stereocenters. The van der Waals surface area contributed by atoms with Gasteiger partial charge in [0.1, 0.15) is 0 Å². The summed E-state index contributed by atoms with van der Waals surface area (Å²) in [5, 5.41) is 3.29. The highest BCUT2D eigenvalue weighted by molar-refractivity contribution is 6.44. The number of anilines is 2. The Kier molecular flexibility index (Phi) is 6.45. The Morgan fingerprint density at radius 3 is 2.69 bits per heavy atom. The van der Waals surface area contributed by atoms with E-state index in [0.29, 0.717) is 16.4 Å². The fourth-order valence-corrected chi connectivity index (χ4v) is 3.59. The van der Waals surface area contributed by atoms with Crippen molar-refractivity contribution < 1.29 is 19.1 Å². The highest BCUT2D eigenvalue weighted by Gasteiger charge is 2.37. The summed E-state index contributed by atoms with van der Waals surface area (Å²) in [6.07, 6.45) is -0.0135. The molecule has 152 valence electrons. The summed E-state index contributed by atoms with van der Waals surface area (Å²) >= 11 is 12.2. The van der Waals surface area contributed by atoms with Crippen LogP contribution >= 0.6 is 23.2 Å². The molecule has 2 amide bonds. The maximum Gasteiger partial charge on any atom is 0.311 e. The lowest BCUT2D eigenvalue weighted by Gasteiger charge is -2.18. The van der Waals surface area contributed by atoms with Gasteiger partial charge in [-0.25, -0.2) is 0 Å². The first-order chi connectivity index (χ1) is 13.8. The summed E-state index contributed by atoms with van der Waals surface area (Å²) in [7, 11) is 0. The van der Waals surface area contributed by atoms with Gasteiger partial charge in [-0.2, -0.15) is 0 Å². The average Bonchev–Trinajstić information content (AvgIpc) is 3.06. The van der Waals surface area contributed by atoms with Crippen LogP contribution in [0.1, 0.15) is 17.5 Å². The number of esters is 1. The molecule has 1 aliphatic heterocycles. The van der Waals surface area contributed by atoms with Crippen LogP contribution in [-0.4, -0.2) is 30.9 Å². The number of amides is 2. The normalized spacial score (nSPS) is 16.1. The average molecular weight is 435 g/mol. The van der Waals surface area contributed by atoms with E-state index in [0.717, 1.165) is 11.1 Å². The van der Waals surface area contributed by atoms with Crippen molar-refractivity contribution in [2.75, 3.05) is 23.4 Å². The van der Waals surface area contributed by atoms with Gasteiger partial charge in [0.25, 0.3) is 5.91 Å². The molecule has 8 heteroatoms. The molecule has 0 aliphatic carbocycles. The molecule has 1 aliphatic rings. The zero-order valence-corrected chi connectivity index (χ0v) is 17.5. The standard InChI is InChI=1S/C21H20Cl2N2O4/c1-12-6-7-16(13(2)8-12)24-18(26)11-29-21(28)14-9-19(27)25(10-14)17-5-3-4-15(22)20(17)23/h3-8,14H,9-11H2,1-2H3,(H,24,26)/t14-/m1/s1. The van der Waals surface area contributed by atoms with Crippen molar-refractivity contribution in [1.82, 2.24) is 0 Å². The number of nitrogens with one attached hydrogen (secondary N) is 1. The minimum Gasteiger partial charge on any atom is -0.455 e. The molecule has 1 heterocycles. The highest BCUT2D eigenvalue weighted by Crippen LogP contribution is 2.35. The lowest BCUT2D eigenvalue weighted by atomic mass is 10.1. The Balaban J connectivity index is 1.56. The molecular weight excluding hydrogens is 415 g/mol. The third-order valence-corrected chi connectivity index (χ3v) is 5.49. The first-order valence-corrected chi connectivity index (χ1v) is 9.80. The number of halogens is 2. The van der Waals surface area contributed by atoms with Gasteiger partial charge in [-0.1, -0.05) is 47.0 Å². The van der Waals surface area contributed by atoms with Crippen LogP contribution in [0.4, 0.5) is 11.4 Å². The molecule has 3 rings (SSSR count). The van der Waals surface area contributed by atoms with E-state index in [-0.39, 0.29) is 23.9 Å². The predicted octanol–water partition coefficient (Wildman–Crippen LogP) is 4.15. The van der Waals surface area contributed by atoms with Gasteiger partial charge in [-0.3, -0.25) is 14.4 Å². The van der Waals surface area contributed by atoms with E-state index in [1.807, 2.05) is 26.0 Å². The number of hydrogen-bond donors (Lipinski definition) is 1. The van der Waals surface area contributed by atoms with Crippen LogP contribution in [0, 0.1) is 19.8 Å². The Morgan fingerprint density at radius 2 is 1.97 bits per heavy atom. The molecule has 1 atom stereocenters. The quantitative estimate of drug-likeness (QED) is 0.717. The molecule has 0 saturated carbocycles. The number of benzene rings is 2.